The minimum Gasteiger partial charge on any atom is -0.497 e. The number of carbonyl (C=O) groups excluding carboxylic acids is 1. The number of nitrogens with zero attached hydrogens (tertiary/aromatic N) is 2. The van der Waals surface area contributed by atoms with Crippen LogP contribution >= 0.6 is 0 Å². The lowest BCUT2D eigenvalue weighted by Gasteiger charge is -2.27. The van der Waals surface area contributed by atoms with Crippen LogP contribution < -0.4 is 15.0 Å². The molecule has 0 radical (unpaired) electrons. The van der Waals surface area contributed by atoms with E-state index in [1.54, 1.807) is 25.4 Å². The molecule has 0 bridgehead atoms. The minimum atomic E-state index is -0.253. The first kappa shape index (κ1) is 13.6. The summed E-state index contributed by atoms with van der Waals surface area (Å²) in [5, 5.41) is 3.25. The van der Waals surface area contributed by atoms with Crippen LogP contribution in [-0.2, 0) is 17.8 Å². The molecule has 110 valence electrons. The number of H-pyrrole nitrogens is 1. The van der Waals surface area contributed by atoms with Gasteiger partial charge < -0.3 is 14.6 Å². The number of aromatic nitrogens is 2. The van der Waals surface area contributed by atoms with Crippen molar-refractivity contribution in [2.45, 2.75) is 19.0 Å². The van der Waals surface area contributed by atoms with Gasteiger partial charge in [-0.15, -0.1) is 0 Å². The van der Waals surface area contributed by atoms with E-state index in [0.29, 0.717) is 13.0 Å². The summed E-state index contributed by atoms with van der Waals surface area (Å²) >= 11 is 0. The summed E-state index contributed by atoms with van der Waals surface area (Å²) in [6, 6.07) is 7.22. The van der Waals surface area contributed by atoms with E-state index in [2.05, 4.69) is 15.3 Å². The zero-order valence-corrected chi connectivity index (χ0v) is 12.1. The van der Waals surface area contributed by atoms with Crippen LogP contribution in [0.5, 0.6) is 5.75 Å². The smallest absolute Gasteiger partial charge is 0.244 e. The lowest BCUT2D eigenvalue weighted by molar-refractivity contribution is -0.120. The zero-order chi connectivity index (χ0) is 14.8. The summed E-state index contributed by atoms with van der Waals surface area (Å²) < 4.78 is 5.20. The number of imidazole rings is 1. The van der Waals surface area contributed by atoms with Gasteiger partial charge in [-0.2, -0.15) is 0 Å². The topological polar surface area (TPSA) is 70.2 Å². The molecule has 1 atom stereocenters. The molecule has 3 rings (SSSR count). The van der Waals surface area contributed by atoms with Crippen LogP contribution in [0, 0.1) is 0 Å². The highest BCUT2D eigenvalue weighted by molar-refractivity contribution is 5.97. The quantitative estimate of drug-likeness (QED) is 0.886. The van der Waals surface area contributed by atoms with Crippen LogP contribution in [-0.4, -0.2) is 36.1 Å². The van der Waals surface area contributed by atoms with Crippen LogP contribution in [0.15, 0.2) is 30.6 Å². The number of hydrogen-bond acceptors (Lipinski definition) is 4. The molecular weight excluding hydrogens is 268 g/mol. The molecule has 2 aromatic rings. The average molecular weight is 286 g/mol. The molecule has 0 saturated heterocycles. The maximum absolute atomic E-state index is 12.6. The normalized spacial score (nSPS) is 17.1. The van der Waals surface area contributed by atoms with Gasteiger partial charge in [0.25, 0.3) is 0 Å². The van der Waals surface area contributed by atoms with Gasteiger partial charge in [0.1, 0.15) is 5.75 Å². The van der Waals surface area contributed by atoms with E-state index in [4.69, 9.17) is 4.74 Å². The van der Waals surface area contributed by atoms with Crippen molar-refractivity contribution in [1.29, 1.82) is 0 Å². The molecule has 1 aromatic heterocycles. The van der Waals surface area contributed by atoms with Crippen molar-refractivity contribution >= 4 is 11.6 Å². The first-order chi connectivity index (χ1) is 10.2. The second-order valence-corrected chi connectivity index (χ2v) is 5.06. The fourth-order valence-corrected chi connectivity index (χ4v) is 2.52. The Balaban J connectivity index is 1.76. The maximum Gasteiger partial charge on any atom is 0.244 e. The van der Waals surface area contributed by atoms with Crippen molar-refractivity contribution < 1.29 is 9.53 Å². The Kier molecular flexibility index (Phi) is 3.62. The van der Waals surface area contributed by atoms with Gasteiger partial charge in [-0.25, -0.2) is 4.98 Å². The molecule has 2 heterocycles. The summed E-state index contributed by atoms with van der Waals surface area (Å²) in [6.07, 6.45) is 2.27. The fraction of sp³-hybridized carbons (Fsp3) is 0.333. The third kappa shape index (κ3) is 2.62. The molecule has 0 fully saturated rings. The molecule has 0 saturated carbocycles. The molecule has 0 spiro atoms. The van der Waals surface area contributed by atoms with Crippen molar-refractivity contribution in [3.05, 3.63) is 42.0 Å². The van der Waals surface area contributed by atoms with E-state index in [0.717, 1.165) is 22.8 Å². The Bertz CT molecular complexity index is 653. The van der Waals surface area contributed by atoms with Crippen LogP contribution in [0.25, 0.3) is 0 Å². The number of amides is 1. The fourth-order valence-electron chi connectivity index (χ4n) is 2.52. The van der Waals surface area contributed by atoms with Gasteiger partial charge in [-0.3, -0.25) is 10.1 Å². The average Bonchev–Trinajstić information content (AvgIpc) is 3.01. The second kappa shape index (κ2) is 5.57. The molecule has 6 nitrogen and oxygen atoms in total. The first-order valence-electron chi connectivity index (χ1n) is 6.85. The number of rotatable bonds is 3. The highest BCUT2D eigenvalue weighted by Gasteiger charge is 2.28. The predicted molar refractivity (Wildman–Crippen MR) is 79.3 cm³/mol. The van der Waals surface area contributed by atoms with Crippen LogP contribution in [0.1, 0.15) is 11.4 Å². The monoisotopic (exact) mass is 286 g/mol. The van der Waals surface area contributed by atoms with E-state index in [1.807, 2.05) is 24.3 Å². The van der Waals surface area contributed by atoms with Crippen molar-refractivity contribution in [1.82, 2.24) is 15.3 Å². The Labute approximate surface area is 123 Å². The van der Waals surface area contributed by atoms with E-state index in [1.165, 1.54) is 0 Å². The lowest BCUT2D eigenvalue weighted by Crippen LogP contribution is -2.48. The molecule has 2 N–H and O–H groups in total. The van der Waals surface area contributed by atoms with Gasteiger partial charge in [-0.1, -0.05) is 6.07 Å². The molecule has 0 aliphatic carbocycles. The molecule has 1 amide bonds. The van der Waals surface area contributed by atoms with E-state index < -0.39 is 0 Å². The molecule has 1 aliphatic heterocycles. The van der Waals surface area contributed by atoms with Crippen molar-refractivity contribution in [3.8, 4) is 5.75 Å². The van der Waals surface area contributed by atoms with Crippen LogP contribution in [0.2, 0.25) is 0 Å². The summed E-state index contributed by atoms with van der Waals surface area (Å²) in [4.78, 5) is 21.6. The van der Waals surface area contributed by atoms with E-state index >= 15 is 0 Å². The number of fused-ring (bicyclic) bond motifs is 1. The van der Waals surface area contributed by atoms with Gasteiger partial charge in [0.05, 0.1) is 30.9 Å². The number of methoxy groups -OCH3 is 1. The summed E-state index contributed by atoms with van der Waals surface area (Å²) in [7, 11) is 3.39. The first-order valence-corrected chi connectivity index (χ1v) is 6.85. The third-order valence-corrected chi connectivity index (χ3v) is 3.80. The maximum atomic E-state index is 12.6. The Hall–Kier alpha value is -2.34. The Morgan fingerprint density at radius 2 is 2.33 bits per heavy atom. The number of anilines is 1. The van der Waals surface area contributed by atoms with Gasteiger partial charge in [0.15, 0.2) is 0 Å². The zero-order valence-electron chi connectivity index (χ0n) is 12.1. The van der Waals surface area contributed by atoms with E-state index in [-0.39, 0.29) is 11.9 Å². The van der Waals surface area contributed by atoms with Gasteiger partial charge >= 0.3 is 0 Å². The van der Waals surface area contributed by atoms with Gasteiger partial charge in [0, 0.05) is 31.8 Å². The molecule has 1 unspecified atom stereocenters. The number of benzene rings is 1. The SMILES string of the molecule is COc1cccc(N(C)C(=O)C2Cc3nc[nH]c3CN2)c1. The van der Waals surface area contributed by atoms with E-state index in [9.17, 15) is 4.79 Å². The van der Waals surface area contributed by atoms with Crippen molar-refractivity contribution in [2.24, 2.45) is 0 Å². The number of carbonyl (C=O) groups is 1. The molecular formula is C15H18N4O2. The molecule has 1 aromatic carbocycles. The van der Waals surface area contributed by atoms with Crippen LogP contribution in [0.4, 0.5) is 5.69 Å². The number of nitrogens with one attached hydrogen (secondary N) is 2. The third-order valence-electron chi connectivity index (χ3n) is 3.80. The number of ether oxygens (including phenoxy) is 1. The number of hydrogen-bond donors (Lipinski definition) is 2. The summed E-state index contributed by atoms with van der Waals surface area (Å²) in [5.41, 5.74) is 2.84. The lowest BCUT2D eigenvalue weighted by atomic mass is 10.0. The highest BCUT2D eigenvalue weighted by atomic mass is 16.5. The Morgan fingerprint density at radius 1 is 1.48 bits per heavy atom. The summed E-state index contributed by atoms with van der Waals surface area (Å²) in [5.74, 6) is 0.759. The van der Waals surface area contributed by atoms with Crippen molar-refractivity contribution in [3.63, 3.8) is 0 Å². The Morgan fingerprint density at radius 3 is 3.14 bits per heavy atom. The largest absolute Gasteiger partial charge is 0.497 e. The minimum absolute atomic E-state index is 0.0249. The van der Waals surface area contributed by atoms with Gasteiger partial charge in [-0.05, 0) is 12.1 Å². The van der Waals surface area contributed by atoms with Crippen molar-refractivity contribution in [2.75, 3.05) is 19.1 Å². The number of likely N-dealkylation sites (N-methyl/N-ethyl adjacent to an activating group) is 1. The second-order valence-electron chi connectivity index (χ2n) is 5.06. The number of aromatic amines is 1. The molecule has 1 aliphatic rings. The molecule has 6 heteroatoms. The standard InChI is InChI=1S/C15H18N4O2/c1-19(10-4-3-5-11(6-10)21-2)15(20)13-7-12-14(8-16-13)18-9-17-12/h3-6,9,13,16H,7-8H2,1-2H3,(H,17,18). The molecule has 21 heavy (non-hydrogen) atoms. The predicted octanol–water partition coefficient (Wildman–Crippen LogP) is 1.10. The highest BCUT2D eigenvalue weighted by Crippen LogP contribution is 2.22. The van der Waals surface area contributed by atoms with Gasteiger partial charge in [0.2, 0.25) is 5.91 Å². The van der Waals surface area contributed by atoms with Crippen LogP contribution in [0.3, 0.4) is 0 Å². The summed E-state index contributed by atoms with van der Waals surface area (Å²) in [6.45, 7) is 0.637.